The fourth-order valence-corrected chi connectivity index (χ4v) is 15.8. The topological polar surface area (TPSA) is 295 Å². The molecule has 0 aliphatic heterocycles. The lowest BCUT2D eigenvalue weighted by Crippen LogP contribution is -2.08. The van der Waals surface area contributed by atoms with Gasteiger partial charge in [0.05, 0.1) is 47.5 Å². The van der Waals surface area contributed by atoms with Crippen LogP contribution in [0.4, 0.5) is 0 Å². The second-order valence-corrected chi connectivity index (χ2v) is 31.1. The SMILES string of the molecule is COc1ccc(-c2ccc(Oc3ccc(S(=O)(=O)c4ccc(Oc5cc(Oc6ccc(S(=O)(=O)c7ccc(Oc8ccc(-c9ccc(Oc%10ccc(S(=O)(=O)c%11ccc(C)cc%11)cc%10)cc9)cc8)cc7)cc6)cc(-c6nc7ccccc7[nH]6)c5)c(S(=O)(=O)O)c4)cc3S(=O)(=O)O)cc2)cc1. The standard InChI is InChI=1S/C75H54N2O18S5/c1-48-7-31-63(32-8-48)96(78,79)64-33-25-57(26-34-64)91-55-19-11-50(12-20-55)51-13-21-56(22-14-51)92-58-27-35-65(36-28-58)97(80,81)66-37-29-59(30-38-66)93-61-43-53(75-76-69-5-3-4-6-70(69)77-75)44-62(45-61)95-72-42-40-68(47-74(72)100(87,88)89)98(82,83)67-39-41-71(73(46-67)99(84,85)86)94-60-23-15-52(16-24-60)49-9-17-54(90-2)18-10-49/h3-47H,1-2H3,(H,76,77)(H,84,85,86)(H,87,88,89). The number of H-pyrrole nitrogens is 1. The average Bonchev–Trinajstić information content (AvgIpc) is 0.802. The highest BCUT2D eigenvalue weighted by atomic mass is 32.2. The molecular formula is C75H54N2O18S5. The number of sulfone groups is 3. The summed E-state index contributed by atoms with van der Waals surface area (Å²) in [6, 6.07) is 69.5. The molecule has 0 unspecified atom stereocenters. The van der Waals surface area contributed by atoms with Gasteiger partial charge < -0.3 is 33.4 Å². The average molecular weight is 1430 g/mol. The molecule has 0 atom stereocenters. The van der Waals surface area contributed by atoms with E-state index in [9.17, 15) is 51.2 Å². The van der Waals surface area contributed by atoms with Crippen LogP contribution in [0.5, 0.6) is 63.2 Å². The molecule has 0 spiro atoms. The van der Waals surface area contributed by atoms with Crippen molar-refractivity contribution in [2.75, 3.05) is 7.11 Å². The Morgan fingerprint density at radius 1 is 0.310 bits per heavy atom. The number of methoxy groups -OCH3 is 1. The van der Waals surface area contributed by atoms with Crippen molar-refractivity contribution in [3.8, 4) is 96.9 Å². The number of aromatic amines is 1. The Labute approximate surface area is 575 Å². The molecule has 1 heterocycles. The van der Waals surface area contributed by atoms with Crippen LogP contribution in [0.1, 0.15) is 5.56 Å². The van der Waals surface area contributed by atoms with E-state index in [1.54, 1.807) is 122 Å². The first-order valence-electron chi connectivity index (χ1n) is 30.1. The highest BCUT2D eigenvalue weighted by Gasteiger charge is 2.29. The summed E-state index contributed by atoms with van der Waals surface area (Å²) in [5.41, 5.74) is 5.96. The van der Waals surface area contributed by atoms with E-state index in [4.69, 9.17) is 28.4 Å². The minimum absolute atomic E-state index is 0.0229. The van der Waals surface area contributed by atoms with Gasteiger partial charge in [-0.2, -0.15) is 16.8 Å². The van der Waals surface area contributed by atoms with Crippen LogP contribution in [0.3, 0.4) is 0 Å². The number of hydrogen-bond acceptors (Lipinski definition) is 17. The molecule has 0 bridgehead atoms. The molecule has 100 heavy (non-hydrogen) atoms. The molecule has 20 nitrogen and oxygen atoms in total. The first-order chi connectivity index (χ1) is 47.8. The molecule has 502 valence electrons. The fourth-order valence-electron chi connectivity index (χ4n) is 10.6. The van der Waals surface area contributed by atoms with E-state index in [1.807, 2.05) is 43.3 Å². The summed E-state index contributed by atoms with van der Waals surface area (Å²) < 4.78 is 191. The van der Waals surface area contributed by atoms with Crippen molar-refractivity contribution in [2.24, 2.45) is 0 Å². The van der Waals surface area contributed by atoms with Gasteiger partial charge in [-0.15, -0.1) is 0 Å². The third-order valence-corrected chi connectivity index (χ3v) is 22.8. The number of nitrogens with one attached hydrogen (secondary N) is 1. The molecule has 0 aliphatic carbocycles. The highest BCUT2D eigenvalue weighted by Crippen LogP contribution is 2.41. The number of benzene rings is 12. The highest BCUT2D eigenvalue weighted by molar-refractivity contribution is 7.92. The van der Waals surface area contributed by atoms with Crippen LogP contribution >= 0.6 is 0 Å². The maximum Gasteiger partial charge on any atom is 0.298 e. The summed E-state index contributed by atoms with van der Waals surface area (Å²) in [6.07, 6.45) is 0. The van der Waals surface area contributed by atoms with Crippen LogP contribution in [0.25, 0.3) is 44.7 Å². The first kappa shape index (κ1) is 67.2. The van der Waals surface area contributed by atoms with E-state index in [2.05, 4.69) is 9.97 Å². The summed E-state index contributed by atoms with van der Waals surface area (Å²) in [6.45, 7) is 1.89. The minimum Gasteiger partial charge on any atom is -0.497 e. The Hall–Kier alpha value is -11.4. The Morgan fingerprint density at radius 2 is 0.620 bits per heavy atom. The van der Waals surface area contributed by atoms with Gasteiger partial charge >= 0.3 is 0 Å². The Bertz CT molecular complexity index is 5810. The molecule has 0 fully saturated rings. The van der Waals surface area contributed by atoms with Crippen molar-refractivity contribution in [3.05, 3.63) is 279 Å². The number of hydrogen-bond donors (Lipinski definition) is 3. The third-order valence-electron chi connectivity index (χ3n) is 15.8. The smallest absolute Gasteiger partial charge is 0.298 e. The summed E-state index contributed by atoms with van der Waals surface area (Å²) in [4.78, 5) is 4.81. The number of imidazole rings is 1. The monoisotopic (exact) mass is 1430 g/mol. The quantitative estimate of drug-likeness (QED) is 0.0531. The van der Waals surface area contributed by atoms with Crippen molar-refractivity contribution >= 4 is 60.8 Å². The number of para-hydroxylation sites is 2. The van der Waals surface area contributed by atoms with E-state index < -0.39 is 80.8 Å². The maximum absolute atomic E-state index is 14.3. The second kappa shape index (κ2) is 27.1. The molecule has 3 N–H and O–H groups in total. The van der Waals surface area contributed by atoms with Crippen molar-refractivity contribution < 1.29 is 79.6 Å². The number of rotatable bonds is 22. The molecule has 0 saturated heterocycles. The van der Waals surface area contributed by atoms with Gasteiger partial charge in [0.25, 0.3) is 20.2 Å². The van der Waals surface area contributed by atoms with E-state index in [-0.39, 0.29) is 42.6 Å². The first-order valence-corrected chi connectivity index (χ1v) is 37.5. The molecule has 0 amide bonds. The number of aromatic nitrogens is 2. The number of nitrogens with zero attached hydrogens (tertiary/aromatic N) is 1. The van der Waals surface area contributed by atoms with Crippen molar-refractivity contribution in [1.29, 1.82) is 0 Å². The Balaban J connectivity index is 0.683. The van der Waals surface area contributed by atoms with Gasteiger partial charge in [0.15, 0.2) is 0 Å². The largest absolute Gasteiger partial charge is 0.497 e. The lowest BCUT2D eigenvalue weighted by atomic mass is 10.1. The molecule has 13 aromatic rings. The molecule has 13 rings (SSSR count). The van der Waals surface area contributed by atoms with Crippen molar-refractivity contribution in [2.45, 2.75) is 46.1 Å². The van der Waals surface area contributed by atoms with E-state index in [0.29, 0.717) is 63.3 Å². The normalized spacial score (nSPS) is 12.0. The van der Waals surface area contributed by atoms with Gasteiger partial charge in [0.1, 0.15) is 78.9 Å². The van der Waals surface area contributed by atoms with Crippen LogP contribution in [-0.4, -0.2) is 68.3 Å². The minimum atomic E-state index is -5.30. The molecule has 0 saturated carbocycles. The van der Waals surface area contributed by atoms with Gasteiger partial charge in [-0.1, -0.05) is 78.4 Å². The molecule has 25 heteroatoms. The number of aryl methyl sites for hydroxylation is 1. The van der Waals surface area contributed by atoms with Crippen LogP contribution in [-0.2, 0) is 49.7 Å². The molecule has 0 radical (unpaired) electrons. The molecule has 0 aliphatic rings. The van der Waals surface area contributed by atoms with Crippen LogP contribution in [0.2, 0.25) is 0 Å². The zero-order valence-electron chi connectivity index (χ0n) is 52.4. The second-order valence-electron chi connectivity index (χ2n) is 22.5. The molecule has 12 aromatic carbocycles. The van der Waals surface area contributed by atoms with E-state index in [1.165, 1.54) is 84.9 Å². The zero-order chi connectivity index (χ0) is 70.1. The predicted molar refractivity (Wildman–Crippen MR) is 372 cm³/mol. The van der Waals surface area contributed by atoms with E-state index >= 15 is 0 Å². The summed E-state index contributed by atoms with van der Waals surface area (Å²) in [5, 5.41) is 0. The van der Waals surface area contributed by atoms with Gasteiger partial charge in [0.2, 0.25) is 29.5 Å². The third kappa shape index (κ3) is 14.7. The van der Waals surface area contributed by atoms with Gasteiger partial charge in [-0.3, -0.25) is 9.11 Å². The lowest BCUT2D eigenvalue weighted by molar-refractivity contribution is 0.415. The fraction of sp³-hybridized carbons (Fsp3) is 0.0267. The summed E-state index contributed by atoms with van der Waals surface area (Å²) in [7, 11) is -21.5. The number of fused-ring (bicyclic) bond motifs is 1. The lowest BCUT2D eigenvalue weighted by Gasteiger charge is -2.15. The molecule has 1 aromatic heterocycles. The van der Waals surface area contributed by atoms with Crippen LogP contribution < -0.4 is 28.4 Å². The zero-order valence-corrected chi connectivity index (χ0v) is 56.5. The Kier molecular flexibility index (Phi) is 18.2. The number of ether oxygens (including phenoxy) is 6. The van der Waals surface area contributed by atoms with Crippen molar-refractivity contribution in [3.63, 3.8) is 0 Å². The van der Waals surface area contributed by atoms with E-state index in [0.717, 1.165) is 52.1 Å². The summed E-state index contributed by atoms with van der Waals surface area (Å²) in [5.74, 6) is 2.14. The Morgan fingerprint density at radius 3 is 1.00 bits per heavy atom. The van der Waals surface area contributed by atoms with Gasteiger partial charge in [0, 0.05) is 11.6 Å². The predicted octanol–water partition coefficient (Wildman–Crippen LogP) is 16.8. The summed E-state index contributed by atoms with van der Waals surface area (Å²) >= 11 is 0. The van der Waals surface area contributed by atoms with Gasteiger partial charge in [-0.25, -0.2) is 30.2 Å². The maximum atomic E-state index is 14.3. The van der Waals surface area contributed by atoms with Crippen LogP contribution in [0, 0.1) is 6.92 Å². The van der Waals surface area contributed by atoms with Crippen LogP contribution in [0.15, 0.2) is 312 Å². The van der Waals surface area contributed by atoms with Gasteiger partial charge in [-0.05, 0) is 223 Å². The molecular weight excluding hydrogens is 1380 g/mol. The van der Waals surface area contributed by atoms with Crippen molar-refractivity contribution in [1.82, 2.24) is 9.97 Å².